The van der Waals surface area contributed by atoms with E-state index in [0.29, 0.717) is 0 Å². The van der Waals surface area contributed by atoms with Crippen molar-refractivity contribution in [2.45, 2.75) is 33.1 Å². The summed E-state index contributed by atoms with van der Waals surface area (Å²) in [6.45, 7) is 6.69. The van der Waals surface area contributed by atoms with Gasteiger partial charge in [0.25, 0.3) is 0 Å². The Labute approximate surface area is 115 Å². The maximum atomic E-state index is 9.40. The summed E-state index contributed by atoms with van der Waals surface area (Å²) in [5.74, 6) is 0.284. The molecule has 100 valence electrons. The predicted octanol–water partition coefficient (Wildman–Crippen LogP) is 4.13. The lowest BCUT2D eigenvalue weighted by Gasteiger charge is -2.22. The van der Waals surface area contributed by atoms with E-state index in [-0.39, 0.29) is 12.5 Å². The van der Waals surface area contributed by atoms with Crippen LogP contribution in [-0.4, -0.2) is 11.7 Å². The Morgan fingerprint density at radius 1 is 0.947 bits per heavy atom. The van der Waals surface area contributed by atoms with Gasteiger partial charge in [-0.05, 0) is 49.4 Å². The third-order valence-electron chi connectivity index (χ3n) is 3.71. The molecule has 2 aromatic carbocycles. The van der Waals surface area contributed by atoms with Gasteiger partial charge in [-0.2, -0.15) is 0 Å². The van der Waals surface area contributed by atoms with Gasteiger partial charge in [0.05, 0.1) is 0 Å². The molecule has 19 heavy (non-hydrogen) atoms. The van der Waals surface area contributed by atoms with Crippen molar-refractivity contribution in [2.24, 2.45) is 0 Å². The molecule has 1 N–H and O–H groups in total. The van der Waals surface area contributed by atoms with Crippen molar-refractivity contribution in [2.75, 3.05) is 6.61 Å². The van der Waals surface area contributed by atoms with Crippen molar-refractivity contribution in [1.82, 2.24) is 0 Å². The molecule has 1 heteroatoms. The van der Waals surface area contributed by atoms with Crippen molar-refractivity contribution < 1.29 is 5.11 Å². The van der Waals surface area contributed by atoms with Gasteiger partial charge in [-0.25, -0.2) is 0 Å². The second-order valence-electron chi connectivity index (χ2n) is 5.29. The van der Waals surface area contributed by atoms with Crippen molar-refractivity contribution in [3.63, 3.8) is 0 Å². The van der Waals surface area contributed by atoms with Crippen LogP contribution < -0.4 is 0 Å². The van der Waals surface area contributed by atoms with Crippen LogP contribution in [-0.2, 0) is 0 Å². The summed E-state index contributed by atoms with van der Waals surface area (Å²) in [7, 11) is 0. The first-order valence-corrected chi connectivity index (χ1v) is 6.87. The molecule has 1 nitrogen and oxygen atoms in total. The molecule has 0 amide bonds. The molecule has 0 aromatic heterocycles. The van der Waals surface area contributed by atoms with E-state index in [2.05, 4.69) is 57.2 Å². The molecule has 0 saturated carbocycles. The van der Waals surface area contributed by atoms with Crippen LogP contribution in [0.25, 0.3) is 0 Å². The molecule has 0 aliphatic rings. The summed E-state index contributed by atoms with van der Waals surface area (Å²) >= 11 is 0. The highest BCUT2D eigenvalue weighted by molar-refractivity contribution is 5.44. The van der Waals surface area contributed by atoms with Gasteiger partial charge in [-0.1, -0.05) is 48.0 Å². The molecule has 0 saturated heterocycles. The van der Waals surface area contributed by atoms with Crippen molar-refractivity contribution in [1.29, 1.82) is 0 Å². The Balaban J connectivity index is 2.51. The third-order valence-corrected chi connectivity index (χ3v) is 3.71. The highest BCUT2D eigenvalue weighted by Crippen LogP contribution is 2.33. The maximum Gasteiger partial charge on any atom is 0.0440 e. The molecule has 0 aliphatic heterocycles. The average Bonchev–Trinajstić information content (AvgIpc) is 2.37. The molecular formula is C18H22O. The second kappa shape index (κ2) is 6.03. The van der Waals surface area contributed by atoms with E-state index in [9.17, 15) is 5.11 Å². The fourth-order valence-electron chi connectivity index (χ4n) is 3.03. The summed E-state index contributed by atoms with van der Waals surface area (Å²) in [5.41, 5.74) is 6.59. The molecule has 0 spiro atoms. The van der Waals surface area contributed by atoms with Crippen LogP contribution >= 0.6 is 0 Å². The van der Waals surface area contributed by atoms with Crippen molar-refractivity contribution in [3.8, 4) is 0 Å². The topological polar surface area (TPSA) is 20.2 Å². The molecule has 0 fully saturated rings. The zero-order valence-electron chi connectivity index (χ0n) is 12.0. The second-order valence-corrected chi connectivity index (χ2v) is 5.29. The third kappa shape index (κ3) is 3.05. The van der Waals surface area contributed by atoms with Gasteiger partial charge in [-0.15, -0.1) is 0 Å². The quantitative estimate of drug-likeness (QED) is 0.870. The number of rotatable bonds is 4. The lowest BCUT2D eigenvalue weighted by molar-refractivity contribution is 0.281. The number of hydrogen-bond donors (Lipinski definition) is 1. The van der Waals surface area contributed by atoms with Gasteiger partial charge >= 0.3 is 0 Å². The highest BCUT2D eigenvalue weighted by atomic mass is 16.3. The van der Waals surface area contributed by atoms with Gasteiger partial charge < -0.3 is 5.11 Å². The molecule has 0 heterocycles. The van der Waals surface area contributed by atoms with Crippen LogP contribution in [0.3, 0.4) is 0 Å². The minimum atomic E-state index is 0.215. The van der Waals surface area contributed by atoms with Crippen LogP contribution in [0.1, 0.15) is 40.2 Å². The van der Waals surface area contributed by atoms with Crippen LogP contribution in [0, 0.1) is 20.8 Å². The van der Waals surface area contributed by atoms with Gasteiger partial charge in [0, 0.05) is 12.5 Å². The van der Waals surface area contributed by atoms with Crippen LogP contribution in [0.5, 0.6) is 0 Å². The Morgan fingerprint density at radius 3 is 2.05 bits per heavy atom. The summed E-state index contributed by atoms with van der Waals surface area (Å²) in [6.07, 6.45) is 0.773. The Morgan fingerprint density at radius 2 is 1.53 bits per heavy atom. The SMILES string of the molecule is Cc1cc(C)c(C(CCO)c2ccccc2)c(C)c1. The number of aliphatic hydroxyl groups excluding tert-OH is 1. The molecule has 0 radical (unpaired) electrons. The van der Waals surface area contributed by atoms with E-state index < -0.39 is 0 Å². The Kier molecular flexibility index (Phi) is 4.39. The van der Waals surface area contributed by atoms with Crippen molar-refractivity contribution >= 4 is 0 Å². The zero-order chi connectivity index (χ0) is 13.8. The summed E-state index contributed by atoms with van der Waals surface area (Å²) in [5, 5.41) is 9.40. The number of benzene rings is 2. The first-order valence-electron chi connectivity index (χ1n) is 6.87. The van der Waals surface area contributed by atoms with E-state index in [1.807, 2.05) is 6.07 Å². The lowest BCUT2D eigenvalue weighted by Crippen LogP contribution is -2.08. The molecule has 1 unspecified atom stereocenters. The molecule has 1 atom stereocenters. The molecular weight excluding hydrogens is 232 g/mol. The summed E-state index contributed by atoms with van der Waals surface area (Å²) in [4.78, 5) is 0. The average molecular weight is 254 g/mol. The van der Waals surface area contributed by atoms with Crippen LogP contribution in [0.2, 0.25) is 0 Å². The number of hydrogen-bond acceptors (Lipinski definition) is 1. The van der Waals surface area contributed by atoms with Gasteiger partial charge in [-0.3, -0.25) is 0 Å². The molecule has 2 rings (SSSR count). The normalized spacial score (nSPS) is 12.4. The van der Waals surface area contributed by atoms with E-state index in [4.69, 9.17) is 0 Å². The molecule has 0 bridgehead atoms. The van der Waals surface area contributed by atoms with Crippen LogP contribution in [0.15, 0.2) is 42.5 Å². The van der Waals surface area contributed by atoms with E-state index >= 15 is 0 Å². The largest absolute Gasteiger partial charge is 0.396 e. The Bertz CT molecular complexity index is 520. The minimum Gasteiger partial charge on any atom is -0.396 e. The summed E-state index contributed by atoms with van der Waals surface area (Å²) in [6, 6.07) is 14.9. The Hall–Kier alpha value is -1.60. The monoisotopic (exact) mass is 254 g/mol. The fourth-order valence-corrected chi connectivity index (χ4v) is 3.03. The first kappa shape index (κ1) is 13.8. The molecule has 0 aliphatic carbocycles. The maximum absolute atomic E-state index is 9.40. The minimum absolute atomic E-state index is 0.215. The van der Waals surface area contributed by atoms with Crippen molar-refractivity contribution in [3.05, 3.63) is 70.3 Å². The number of aliphatic hydroxyl groups is 1. The van der Waals surface area contributed by atoms with E-state index in [1.54, 1.807) is 0 Å². The van der Waals surface area contributed by atoms with E-state index in [0.717, 1.165) is 6.42 Å². The summed E-state index contributed by atoms with van der Waals surface area (Å²) < 4.78 is 0. The van der Waals surface area contributed by atoms with Gasteiger partial charge in [0.15, 0.2) is 0 Å². The van der Waals surface area contributed by atoms with Gasteiger partial charge in [0.2, 0.25) is 0 Å². The predicted molar refractivity (Wildman–Crippen MR) is 80.6 cm³/mol. The zero-order valence-corrected chi connectivity index (χ0v) is 12.0. The van der Waals surface area contributed by atoms with Gasteiger partial charge in [0.1, 0.15) is 0 Å². The van der Waals surface area contributed by atoms with Crippen LogP contribution in [0.4, 0.5) is 0 Å². The standard InChI is InChI=1S/C18H22O/c1-13-11-14(2)18(15(3)12-13)17(9-10-19)16-7-5-4-6-8-16/h4-8,11-12,17,19H,9-10H2,1-3H3. The fraction of sp³-hybridized carbons (Fsp3) is 0.333. The first-order chi connectivity index (χ1) is 9.13. The lowest BCUT2D eigenvalue weighted by atomic mass is 9.83. The highest BCUT2D eigenvalue weighted by Gasteiger charge is 2.17. The number of aryl methyl sites for hydroxylation is 3. The molecule has 2 aromatic rings. The smallest absolute Gasteiger partial charge is 0.0440 e. The van der Waals surface area contributed by atoms with E-state index in [1.165, 1.54) is 27.8 Å².